The Morgan fingerprint density at radius 2 is 1.36 bits per heavy atom. The summed E-state index contributed by atoms with van der Waals surface area (Å²) in [7, 11) is 0. The molecule has 0 radical (unpaired) electrons. The number of alkyl halides is 1. The van der Waals surface area contributed by atoms with E-state index in [4.69, 9.17) is 7.67 Å². The van der Waals surface area contributed by atoms with Crippen molar-refractivity contribution in [3.8, 4) is 0 Å². The van der Waals surface area contributed by atoms with Gasteiger partial charge in [-0.3, -0.25) is 4.40 Å². The summed E-state index contributed by atoms with van der Waals surface area (Å²) >= 11 is 5.98. The number of hydrogen-bond donors (Lipinski definition) is 1. The van der Waals surface area contributed by atoms with E-state index in [0.29, 0.717) is 10.8 Å². The number of aromatic nitrogens is 3. The van der Waals surface area contributed by atoms with Gasteiger partial charge in [0.05, 0.1) is 10.7 Å². The summed E-state index contributed by atoms with van der Waals surface area (Å²) in [5, 5.41) is 8.97. The van der Waals surface area contributed by atoms with Gasteiger partial charge >= 0.3 is 22.5 Å². The Kier molecular flexibility index (Phi) is 13.7. The summed E-state index contributed by atoms with van der Waals surface area (Å²) in [4.78, 5) is 10.2. The molecule has 11 heteroatoms. The molecule has 0 saturated heterocycles. The molecule has 6 nitrogen and oxygen atoms in total. The van der Waals surface area contributed by atoms with E-state index in [1.54, 1.807) is 0 Å². The zero-order chi connectivity index (χ0) is 32.4. The predicted octanol–water partition coefficient (Wildman–Crippen LogP) is 7.54. The van der Waals surface area contributed by atoms with E-state index in [2.05, 4.69) is 144 Å². The molecule has 0 atom stereocenters. The molecule has 5 heterocycles. The molecule has 0 bridgehead atoms. The number of imidazole rings is 1. The first kappa shape index (κ1) is 39.2. The summed E-state index contributed by atoms with van der Waals surface area (Å²) in [6.45, 7) is 14.8. The Morgan fingerprint density at radius 1 is 0.809 bits per heavy atom. The third-order valence-electron chi connectivity index (χ3n) is 7.39. The van der Waals surface area contributed by atoms with E-state index in [0.717, 1.165) is 30.4 Å². The average molecular weight is 842 g/mol. The molecular formula is C36H42Br2MnN4O2S2. The van der Waals surface area contributed by atoms with Crippen LogP contribution in [0.5, 0.6) is 0 Å². The second-order valence-electron chi connectivity index (χ2n) is 13.7. The van der Waals surface area contributed by atoms with Crippen molar-refractivity contribution < 1.29 is 44.0 Å². The fraction of sp³-hybridized carbons (Fsp3) is 0.333. The minimum atomic E-state index is -1.44. The van der Waals surface area contributed by atoms with Crippen LogP contribution < -0.4 is 27.7 Å². The van der Waals surface area contributed by atoms with E-state index >= 15 is 0 Å². The summed E-state index contributed by atoms with van der Waals surface area (Å²) in [6.07, 6.45) is 8.49. The SMILES string of the molecule is CC(C)(C)Cc1cc2c3ccccc3c3nccn3c2s1.CC(C)(C)Cc1cc2c3ccccc3c[n+](CCBr)c2s1.N.[Br-].[O]=[Mn]=[O]. The summed E-state index contributed by atoms with van der Waals surface area (Å²) in [6, 6.07) is 22.0. The van der Waals surface area contributed by atoms with Crippen LogP contribution in [0.1, 0.15) is 51.3 Å². The summed E-state index contributed by atoms with van der Waals surface area (Å²) in [5.74, 6) is 0. The first-order valence-electron chi connectivity index (χ1n) is 15.0. The topological polar surface area (TPSA) is 90.3 Å². The van der Waals surface area contributed by atoms with Crippen molar-refractivity contribution in [2.24, 2.45) is 10.8 Å². The Balaban J connectivity index is 0.000000227. The van der Waals surface area contributed by atoms with Crippen LogP contribution >= 0.6 is 38.6 Å². The molecule has 2 aromatic carbocycles. The van der Waals surface area contributed by atoms with Crippen molar-refractivity contribution in [1.82, 2.24) is 15.5 Å². The van der Waals surface area contributed by atoms with E-state index in [1.807, 2.05) is 28.9 Å². The zero-order valence-corrected chi connectivity index (χ0v) is 33.6. The minimum absolute atomic E-state index is 0. The maximum atomic E-state index is 8.41. The second kappa shape index (κ2) is 16.4. The van der Waals surface area contributed by atoms with Crippen molar-refractivity contribution in [3.05, 3.63) is 89.0 Å². The first-order chi connectivity index (χ1) is 21.4. The van der Waals surface area contributed by atoms with Gasteiger partial charge in [-0.1, -0.05) is 111 Å². The number of hydrogen-bond acceptors (Lipinski definition) is 6. The van der Waals surface area contributed by atoms with Crippen LogP contribution in [0.2, 0.25) is 0 Å². The van der Waals surface area contributed by atoms with Gasteiger partial charge in [0, 0.05) is 43.7 Å². The van der Waals surface area contributed by atoms with Crippen molar-refractivity contribution in [1.29, 1.82) is 0 Å². The molecular weight excluding hydrogens is 799 g/mol. The number of rotatable bonds is 4. The fourth-order valence-corrected chi connectivity index (χ4v) is 9.09. The molecule has 0 aliphatic rings. The van der Waals surface area contributed by atoms with Crippen LogP contribution in [0.15, 0.2) is 79.3 Å². The maximum absolute atomic E-state index is 8.41. The van der Waals surface area contributed by atoms with E-state index in [9.17, 15) is 0 Å². The molecule has 0 amide bonds. The van der Waals surface area contributed by atoms with Gasteiger partial charge in [-0.15, -0.1) is 11.3 Å². The average Bonchev–Trinajstić information content (AvgIpc) is 3.71. The molecule has 0 aliphatic heterocycles. The number of halogens is 2. The van der Waals surface area contributed by atoms with Crippen LogP contribution in [0.25, 0.3) is 47.6 Å². The summed E-state index contributed by atoms with van der Waals surface area (Å²) < 4.78 is 21.4. The Bertz CT molecular complexity index is 2150. The van der Waals surface area contributed by atoms with Gasteiger partial charge in [-0.2, -0.15) is 4.57 Å². The standard InChI is InChI=1S/C18H21BrNS.C18H18N2S.BrH.Mn.H3N.2O/c1-18(2,3)11-14-10-16-15-7-5-4-6-13(15)12-20(9-8-19)17(16)21-14;1-18(2,3)11-12-10-15-13-6-4-5-7-14(13)16-19-8-9-20(16)17(15)21-12;;;;;/h4-7,10,12H,8-9,11H2,1-3H3;4-10H,11H2,1-3H3;1H;;1H3;;/q+1;;;;;;/p-1. The first-order valence-corrected chi connectivity index (χ1v) is 18.7. The Hall–Kier alpha value is -2.24. The molecule has 0 saturated carbocycles. The molecule has 0 aliphatic carbocycles. The van der Waals surface area contributed by atoms with E-state index in [-0.39, 0.29) is 23.1 Å². The quantitative estimate of drug-likeness (QED) is 0.113. The zero-order valence-electron chi connectivity index (χ0n) is 27.6. The van der Waals surface area contributed by atoms with Crippen LogP contribution in [0.3, 0.4) is 0 Å². The molecule has 251 valence electrons. The van der Waals surface area contributed by atoms with Gasteiger partial charge in [0.25, 0.3) is 4.83 Å². The van der Waals surface area contributed by atoms with Gasteiger partial charge in [0.15, 0.2) is 12.7 Å². The number of nitrogens with zero attached hydrogens (tertiary/aromatic N) is 3. The monoisotopic (exact) mass is 839 g/mol. The normalized spacial score (nSPS) is 11.5. The molecule has 47 heavy (non-hydrogen) atoms. The molecule has 0 unspecified atom stereocenters. The Labute approximate surface area is 309 Å². The number of thiophene rings is 2. The number of benzene rings is 2. The molecule has 5 aromatic heterocycles. The van der Waals surface area contributed by atoms with Crippen molar-refractivity contribution in [2.45, 2.75) is 60.9 Å². The summed E-state index contributed by atoms with van der Waals surface area (Å²) in [5.41, 5.74) is 1.70. The Morgan fingerprint density at radius 3 is 1.98 bits per heavy atom. The molecule has 3 N–H and O–H groups in total. The van der Waals surface area contributed by atoms with E-state index < -0.39 is 14.8 Å². The van der Waals surface area contributed by atoms with Crippen LogP contribution in [-0.4, -0.2) is 14.7 Å². The van der Waals surface area contributed by atoms with Gasteiger partial charge in [-0.05, 0) is 47.3 Å². The van der Waals surface area contributed by atoms with Gasteiger partial charge in [0.1, 0.15) is 10.5 Å². The van der Waals surface area contributed by atoms with Crippen molar-refractivity contribution >= 4 is 86.2 Å². The van der Waals surface area contributed by atoms with Gasteiger partial charge in [0.2, 0.25) is 0 Å². The second-order valence-corrected chi connectivity index (χ2v) is 16.9. The van der Waals surface area contributed by atoms with Crippen molar-refractivity contribution in [2.75, 3.05) is 5.33 Å². The third kappa shape index (κ3) is 9.26. The number of aryl methyl sites for hydroxylation is 1. The van der Waals surface area contributed by atoms with Crippen molar-refractivity contribution in [3.63, 3.8) is 0 Å². The fourth-order valence-electron chi connectivity index (χ4n) is 5.78. The van der Waals surface area contributed by atoms with E-state index in [1.165, 1.54) is 51.7 Å². The van der Waals surface area contributed by atoms with Crippen LogP contribution in [-0.2, 0) is 41.9 Å². The number of pyridine rings is 2. The molecule has 7 aromatic rings. The molecule has 7 rings (SSSR count). The third-order valence-corrected chi connectivity index (χ3v) is 10.0. The predicted molar refractivity (Wildman–Crippen MR) is 194 cm³/mol. The van der Waals surface area contributed by atoms with Crippen LogP contribution in [0, 0.1) is 10.8 Å². The van der Waals surface area contributed by atoms with Gasteiger partial charge < -0.3 is 23.1 Å². The molecule has 0 spiro atoms. The molecule has 0 fully saturated rings. The number of fused-ring (bicyclic) bond motifs is 9. The van der Waals surface area contributed by atoms with Gasteiger partial charge in [-0.25, -0.2) is 4.98 Å². The van der Waals surface area contributed by atoms with Crippen LogP contribution in [0.4, 0.5) is 0 Å².